The van der Waals surface area contributed by atoms with E-state index in [2.05, 4.69) is 10.2 Å². The third-order valence-corrected chi connectivity index (χ3v) is 6.15. The Labute approximate surface area is 184 Å². The predicted octanol–water partition coefficient (Wildman–Crippen LogP) is 3.94. The van der Waals surface area contributed by atoms with Crippen molar-refractivity contribution in [3.05, 3.63) is 71.8 Å². The summed E-state index contributed by atoms with van der Waals surface area (Å²) in [5.41, 5.74) is 0.907. The van der Waals surface area contributed by atoms with E-state index >= 15 is 0 Å². The number of amides is 1. The molecule has 154 valence electrons. The molecule has 0 aliphatic carbocycles. The Morgan fingerprint density at radius 3 is 1.97 bits per heavy atom. The van der Waals surface area contributed by atoms with Crippen LogP contribution in [0.4, 0.5) is 0 Å². The minimum Gasteiger partial charge on any atom is -0.341 e. The smallest absolute Gasteiger partial charge is 0.263 e. The standard InChI is InChI=1S/C23H27N3OS.ClH/c27-21-23(19-11-4-1-5-12-19,20-13-6-2-7-14-20)24-22(28)26(21)18-10-17-25-15-8-3-9-16-25;/h1-2,4-7,11-14H,3,8-10,15-18H2,(H,24,28);1H. The first kappa shape index (κ1) is 21.8. The van der Waals surface area contributed by atoms with Gasteiger partial charge in [0.05, 0.1) is 0 Å². The first-order chi connectivity index (χ1) is 13.7. The van der Waals surface area contributed by atoms with E-state index in [4.69, 9.17) is 12.2 Å². The third kappa shape index (κ3) is 4.32. The van der Waals surface area contributed by atoms with Gasteiger partial charge in [0.15, 0.2) is 10.7 Å². The zero-order valence-electron chi connectivity index (χ0n) is 16.5. The van der Waals surface area contributed by atoms with Gasteiger partial charge in [-0.15, -0.1) is 12.4 Å². The molecule has 1 N–H and O–H groups in total. The van der Waals surface area contributed by atoms with Crippen LogP contribution in [0.1, 0.15) is 36.8 Å². The van der Waals surface area contributed by atoms with Crippen LogP contribution in [0.3, 0.4) is 0 Å². The highest BCUT2D eigenvalue weighted by molar-refractivity contribution is 7.80. The zero-order chi connectivity index (χ0) is 19.4. The number of piperidine rings is 1. The van der Waals surface area contributed by atoms with Gasteiger partial charge < -0.3 is 10.2 Å². The largest absolute Gasteiger partial charge is 0.341 e. The Morgan fingerprint density at radius 2 is 1.41 bits per heavy atom. The van der Waals surface area contributed by atoms with E-state index in [1.54, 1.807) is 4.90 Å². The second-order valence-corrected chi connectivity index (χ2v) is 8.01. The number of benzene rings is 2. The predicted molar refractivity (Wildman–Crippen MR) is 123 cm³/mol. The Bertz CT molecular complexity index is 785. The summed E-state index contributed by atoms with van der Waals surface area (Å²) in [6, 6.07) is 19.8. The van der Waals surface area contributed by atoms with E-state index in [1.165, 1.54) is 32.4 Å². The van der Waals surface area contributed by atoms with Gasteiger partial charge in [0.2, 0.25) is 0 Å². The van der Waals surface area contributed by atoms with Gasteiger partial charge in [-0.25, -0.2) is 0 Å². The average Bonchev–Trinajstić information content (AvgIpc) is 3.01. The highest BCUT2D eigenvalue weighted by atomic mass is 35.5. The molecule has 2 aliphatic heterocycles. The second-order valence-electron chi connectivity index (χ2n) is 7.62. The highest BCUT2D eigenvalue weighted by Crippen LogP contribution is 2.36. The number of carbonyl (C=O) groups is 1. The van der Waals surface area contributed by atoms with Crippen molar-refractivity contribution in [3.8, 4) is 0 Å². The molecule has 1 amide bonds. The number of thiocarbonyl (C=S) groups is 1. The Kier molecular flexibility index (Phi) is 7.28. The molecule has 0 atom stereocenters. The lowest BCUT2D eigenvalue weighted by Crippen LogP contribution is -2.45. The number of nitrogens with zero attached hydrogens (tertiary/aromatic N) is 2. The van der Waals surface area contributed by atoms with Crippen molar-refractivity contribution in [2.75, 3.05) is 26.2 Å². The van der Waals surface area contributed by atoms with Gasteiger partial charge >= 0.3 is 0 Å². The monoisotopic (exact) mass is 429 g/mol. The fourth-order valence-electron chi connectivity index (χ4n) is 4.35. The molecule has 0 bridgehead atoms. The maximum Gasteiger partial charge on any atom is 0.263 e. The van der Waals surface area contributed by atoms with Crippen LogP contribution >= 0.6 is 24.6 Å². The van der Waals surface area contributed by atoms with Gasteiger partial charge in [-0.05, 0) is 62.2 Å². The van der Waals surface area contributed by atoms with Crippen LogP contribution in [0.5, 0.6) is 0 Å². The van der Waals surface area contributed by atoms with Crippen molar-refractivity contribution >= 4 is 35.6 Å². The molecule has 2 aromatic rings. The lowest BCUT2D eigenvalue weighted by Gasteiger charge is -2.29. The van der Waals surface area contributed by atoms with E-state index < -0.39 is 5.54 Å². The van der Waals surface area contributed by atoms with E-state index in [0.29, 0.717) is 11.7 Å². The van der Waals surface area contributed by atoms with Crippen molar-refractivity contribution in [2.24, 2.45) is 0 Å². The van der Waals surface area contributed by atoms with Crippen LogP contribution < -0.4 is 5.32 Å². The van der Waals surface area contributed by atoms with E-state index in [0.717, 1.165) is 24.1 Å². The van der Waals surface area contributed by atoms with Gasteiger partial charge in [0.1, 0.15) is 0 Å². The molecule has 0 saturated carbocycles. The number of halogens is 1. The van der Waals surface area contributed by atoms with Crippen LogP contribution in [0.15, 0.2) is 60.7 Å². The summed E-state index contributed by atoms with van der Waals surface area (Å²) < 4.78 is 0. The molecule has 0 aromatic heterocycles. The number of hydrogen-bond donors (Lipinski definition) is 1. The Morgan fingerprint density at radius 1 is 0.862 bits per heavy atom. The molecule has 29 heavy (non-hydrogen) atoms. The highest BCUT2D eigenvalue weighted by Gasteiger charge is 2.51. The molecule has 2 aromatic carbocycles. The van der Waals surface area contributed by atoms with Crippen molar-refractivity contribution in [1.29, 1.82) is 0 Å². The summed E-state index contributed by atoms with van der Waals surface area (Å²) in [6.45, 7) is 4.03. The number of likely N-dealkylation sites (tertiary alicyclic amines) is 1. The topological polar surface area (TPSA) is 35.6 Å². The van der Waals surface area contributed by atoms with Crippen LogP contribution in [0, 0.1) is 0 Å². The van der Waals surface area contributed by atoms with Crippen LogP contribution in [-0.4, -0.2) is 47.0 Å². The van der Waals surface area contributed by atoms with E-state index in [9.17, 15) is 4.79 Å². The molecule has 6 heteroatoms. The summed E-state index contributed by atoms with van der Waals surface area (Å²) >= 11 is 5.62. The molecule has 0 radical (unpaired) electrons. The maximum absolute atomic E-state index is 13.7. The van der Waals surface area contributed by atoms with E-state index in [-0.39, 0.29) is 18.3 Å². The summed E-state index contributed by atoms with van der Waals surface area (Å²) in [6.07, 6.45) is 4.85. The normalized spacial score (nSPS) is 19.0. The van der Waals surface area contributed by atoms with Crippen molar-refractivity contribution in [2.45, 2.75) is 31.2 Å². The molecule has 0 unspecified atom stereocenters. The fraction of sp³-hybridized carbons (Fsp3) is 0.391. The molecular formula is C23H28ClN3OS. The number of carbonyl (C=O) groups excluding carboxylic acids is 1. The number of hydrogen-bond acceptors (Lipinski definition) is 3. The Balaban J connectivity index is 0.00000240. The zero-order valence-corrected chi connectivity index (χ0v) is 18.2. The Hall–Kier alpha value is -1.95. The second kappa shape index (κ2) is 9.70. The lowest BCUT2D eigenvalue weighted by molar-refractivity contribution is -0.130. The van der Waals surface area contributed by atoms with Gasteiger partial charge in [0, 0.05) is 6.54 Å². The molecule has 4 rings (SSSR count). The van der Waals surface area contributed by atoms with Gasteiger partial charge in [-0.3, -0.25) is 9.69 Å². The maximum atomic E-state index is 13.7. The lowest BCUT2D eigenvalue weighted by atomic mass is 9.82. The van der Waals surface area contributed by atoms with E-state index in [1.807, 2.05) is 60.7 Å². The summed E-state index contributed by atoms with van der Waals surface area (Å²) in [4.78, 5) is 17.9. The van der Waals surface area contributed by atoms with Gasteiger partial charge in [-0.1, -0.05) is 67.1 Å². The molecule has 2 fully saturated rings. The average molecular weight is 430 g/mol. The first-order valence-corrected chi connectivity index (χ1v) is 10.6. The molecule has 2 heterocycles. The minimum atomic E-state index is -0.940. The number of rotatable bonds is 6. The van der Waals surface area contributed by atoms with Gasteiger partial charge in [-0.2, -0.15) is 0 Å². The first-order valence-electron chi connectivity index (χ1n) is 10.2. The molecule has 0 spiro atoms. The molecule has 2 saturated heterocycles. The summed E-state index contributed by atoms with van der Waals surface area (Å²) in [7, 11) is 0. The minimum absolute atomic E-state index is 0. The molecule has 4 nitrogen and oxygen atoms in total. The number of nitrogens with one attached hydrogen (secondary N) is 1. The third-order valence-electron chi connectivity index (χ3n) is 5.82. The van der Waals surface area contributed by atoms with Crippen molar-refractivity contribution in [3.63, 3.8) is 0 Å². The molecular weight excluding hydrogens is 402 g/mol. The summed E-state index contributed by atoms with van der Waals surface area (Å²) in [5, 5.41) is 3.91. The SMILES string of the molecule is Cl.O=C1N(CCCN2CCCCC2)C(=S)NC1(c1ccccc1)c1ccccc1. The van der Waals surface area contributed by atoms with Crippen LogP contribution in [0.2, 0.25) is 0 Å². The van der Waals surface area contributed by atoms with Crippen LogP contribution in [0.25, 0.3) is 0 Å². The quantitative estimate of drug-likeness (QED) is 0.705. The van der Waals surface area contributed by atoms with Crippen molar-refractivity contribution < 1.29 is 4.79 Å². The van der Waals surface area contributed by atoms with Crippen LogP contribution in [-0.2, 0) is 10.3 Å². The summed E-state index contributed by atoms with van der Waals surface area (Å²) in [5.74, 6) is 0.0218. The van der Waals surface area contributed by atoms with Crippen molar-refractivity contribution in [1.82, 2.24) is 15.1 Å². The molecule has 2 aliphatic rings. The van der Waals surface area contributed by atoms with Gasteiger partial charge in [0.25, 0.3) is 5.91 Å². The fourth-order valence-corrected chi connectivity index (χ4v) is 4.68.